The zero-order chi connectivity index (χ0) is 16.4. The molecule has 0 aliphatic heterocycles. The van der Waals surface area contributed by atoms with Crippen molar-refractivity contribution in [2.75, 3.05) is 19.8 Å². The molecule has 0 rings (SSSR count). The lowest BCUT2D eigenvalue weighted by atomic mass is 10.3. The standard InChI is InChI=1S/C13H26Cl2NO4P/c1-5-9-18-12(13(14,15)8-4)16-21(17,19-10-6-2)20-11-7-3/h5-11H2,1-4H3. The van der Waals surface area contributed by atoms with Crippen molar-refractivity contribution >= 4 is 36.8 Å². The quantitative estimate of drug-likeness (QED) is 0.215. The van der Waals surface area contributed by atoms with Gasteiger partial charge in [0, 0.05) is 0 Å². The van der Waals surface area contributed by atoms with Crippen molar-refractivity contribution < 1.29 is 18.3 Å². The van der Waals surface area contributed by atoms with Gasteiger partial charge in [-0.15, -0.1) is 4.76 Å². The van der Waals surface area contributed by atoms with Crippen molar-refractivity contribution in [3.8, 4) is 0 Å². The Bertz CT molecular complexity index is 352. The van der Waals surface area contributed by atoms with Crippen LogP contribution in [0.1, 0.15) is 53.4 Å². The highest BCUT2D eigenvalue weighted by molar-refractivity contribution is 7.52. The summed E-state index contributed by atoms with van der Waals surface area (Å²) in [6.45, 7) is 8.46. The summed E-state index contributed by atoms with van der Waals surface area (Å²) < 4.78 is 31.3. The highest BCUT2D eigenvalue weighted by Crippen LogP contribution is 2.51. The third kappa shape index (κ3) is 8.41. The van der Waals surface area contributed by atoms with E-state index in [4.69, 9.17) is 37.0 Å². The lowest BCUT2D eigenvalue weighted by Gasteiger charge is -2.22. The molecule has 0 unspecified atom stereocenters. The third-order valence-electron chi connectivity index (χ3n) is 2.33. The molecule has 0 saturated carbocycles. The minimum absolute atomic E-state index is 0.00859. The van der Waals surface area contributed by atoms with Crippen molar-refractivity contribution in [1.29, 1.82) is 0 Å². The molecule has 0 N–H and O–H groups in total. The van der Waals surface area contributed by atoms with Gasteiger partial charge in [0.2, 0.25) is 5.90 Å². The smallest absolute Gasteiger partial charge is 0.456 e. The fraction of sp³-hybridized carbons (Fsp3) is 0.923. The average molecular weight is 362 g/mol. The molecular formula is C13H26Cl2NO4P. The highest BCUT2D eigenvalue weighted by Gasteiger charge is 2.36. The molecule has 0 aromatic heterocycles. The van der Waals surface area contributed by atoms with Gasteiger partial charge in [0.1, 0.15) is 0 Å². The minimum Gasteiger partial charge on any atom is -0.478 e. The van der Waals surface area contributed by atoms with Crippen molar-refractivity contribution in [2.45, 2.75) is 57.7 Å². The Hall–Kier alpha value is 0.200. The first-order chi connectivity index (χ1) is 9.85. The Balaban J connectivity index is 5.32. The maximum atomic E-state index is 12.6. The van der Waals surface area contributed by atoms with E-state index in [0.717, 1.165) is 6.42 Å². The van der Waals surface area contributed by atoms with Gasteiger partial charge in [-0.05, 0) is 25.7 Å². The summed E-state index contributed by atoms with van der Waals surface area (Å²) in [5, 5.41) is 0. The van der Waals surface area contributed by atoms with E-state index in [0.29, 0.717) is 25.9 Å². The largest absolute Gasteiger partial charge is 0.478 e. The topological polar surface area (TPSA) is 57.1 Å². The number of ether oxygens (including phenoxy) is 1. The van der Waals surface area contributed by atoms with Gasteiger partial charge in [0.25, 0.3) is 0 Å². The monoisotopic (exact) mass is 361 g/mol. The molecule has 21 heavy (non-hydrogen) atoms. The van der Waals surface area contributed by atoms with Crippen LogP contribution in [-0.2, 0) is 18.3 Å². The van der Waals surface area contributed by atoms with Crippen LogP contribution in [0.3, 0.4) is 0 Å². The fourth-order valence-electron chi connectivity index (χ4n) is 1.18. The van der Waals surface area contributed by atoms with Crippen LogP contribution < -0.4 is 0 Å². The van der Waals surface area contributed by atoms with Gasteiger partial charge in [-0.1, -0.05) is 50.9 Å². The highest BCUT2D eigenvalue weighted by atomic mass is 35.5. The maximum Gasteiger partial charge on any atom is 0.456 e. The van der Waals surface area contributed by atoms with Crippen LogP contribution in [-0.4, -0.2) is 30.1 Å². The van der Waals surface area contributed by atoms with Gasteiger partial charge in [-0.2, -0.15) is 0 Å². The van der Waals surface area contributed by atoms with E-state index in [2.05, 4.69) is 4.76 Å². The van der Waals surface area contributed by atoms with Gasteiger partial charge in [-0.25, -0.2) is 4.57 Å². The molecule has 0 saturated heterocycles. The molecule has 0 radical (unpaired) electrons. The number of rotatable bonds is 11. The molecule has 0 fully saturated rings. The van der Waals surface area contributed by atoms with E-state index in [9.17, 15) is 4.57 Å². The van der Waals surface area contributed by atoms with Crippen LogP contribution in [0.2, 0.25) is 0 Å². The second kappa shape index (κ2) is 10.8. The van der Waals surface area contributed by atoms with Crippen LogP contribution >= 0.6 is 30.9 Å². The summed E-state index contributed by atoms with van der Waals surface area (Å²) in [4.78, 5) is 0. The van der Waals surface area contributed by atoms with Crippen LogP contribution in [0.25, 0.3) is 0 Å². The Morgan fingerprint density at radius 1 is 1.00 bits per heavy atom. The summed E-state index contributed by atoms with van der Waals surface area (Å²) in [6.07, 6.45) is 2.50. The van der Waals surface area contributed by atoms with Crippen molar-refractivity contribution in [2.24, 2.45) is 4.76 Å². The van der Waals surface area contributed by atoms with Crippen molar-refractivity contribution in [3.05, 3.63) is 0 Å². The van der Waals surface area contributed by atoms with Crippen molar-refractivity contribution in [3.63, 3.8) is 0 Å². The van der Waals surface area contributed by atoms with E-state index >= 15 is 0 Å². The molecule has 5 nitrogen and oxygen atoms in total. The fourth-order valence-corrected chi connectivity index (χ4v) is 2.96. The zero-order valence-corrected chi connectivity index (χ0v) is 15.6. The third-order valence-corrected chi connectivity index (χ3v) is 4.63. The number of halogens is 2. The molecular weight excluding hydrogens is 336 g/mol. The number of hydrogen-bond acceptors (Lipinski definition) is 4. The van der Waals surface area contributed by atoms with Gasteiger partial charge in [-0.3, -0.25) is 9.05 Å². The number of nitrogens with zero attached hydrogens (tertiary/aromatic N) is 1. The lowest BCUT2D eigenvalue weighted by molar-refractivity contribution is 0.203. The molecule has 8 heteroatoms. The molecule has 0 amide bonds. The molecule has 0 aromatic carbocycles. The van der Waals surface area contributed by atoms with Crippen molar-refractivity contribution in [1.82, 2.24) is 0 Å². The summed E-state index contributed by atoms with van der Waals surface area (Å²) in [6, 6.07) is 0. The SMILES string of the molecule is CCCOC(=NP(=O)(OCCC)OCCC)C(Cl)(Cl)CC. The van der Waals surface area contributed by atoms with Gasteiger partial charge >= 0.3 is 7.75 Å². The maximum absolute atomic E-state index is 12.6. The number of hydrogen-bond donors (Lipinski definition) is 0. The van der Waals surface area contributed by atoms with E-state index in [-0.39, 0.29) is 19.1 Å². The lowest BCUT2D eigenvalue weighted by Crippen LogP contribution is -2.28. The van der Waals surface area contributed by atoms with Crippen LogP contribution in [0.15, 0.2) is 4.76 Å². The van der Waals surface area contributed by atoms with Gasteiger partial charge in [0.05, 0.1) is 19.8 Å². The molecule has 0 aromatic rings. The summed E-state index contributed by atoms with van der Waals surface area (Å²) in [7, 11) is -3.66. The first kappa shape index (κ1) is 21.2. The molecule has 0 aliphatic carbocycles. The zero-order valence-electron chi connectivity index (χ0n) is 13.2. The van der Waals surface area contributed by atoms with Crippen LogP contribution in [0.5, 0.6) is 0 Å². The van der Waals surface area contributed by atoms with E-state index in [1.165, 1.54) is 0 Å². The molecule has 0 heterocycles. The first-order valence-electron chi connectivity index (χ1n) is 7.35. The second-order valence-electron chi connectivity index (χ2n) is 4.45. The molecule has 0 spiro atoms. The normalized spacial score (nSPS) is 13.5. The average Bonchev–Trinajstić information content (AvgIpc) is 2.47. The van der Waals surface area contributed by atoms with E-state index < -0.39 is 12.1 Å². The molecule has 0 bridgehead atoms. The van der Waals surface area contributed by atoms with Gasteiger partial charge < -0.3 is 4.74 Å². The van der Waals surface area contributed by atoms with Crippen LogP contribution in [0.4, 0.5) is 0 Å². The Morgan fingerprint density at radius 3 is 1.86 bits per heavy atom. The summed E-state index contributed by atoms with van der Waals surface area (Å²) in [5.41, 5.74) is 0. The minimum atomic E-state index is -3.66. The van der Waals surface area contributed by atoms with Gasteiger partial charge in [0.15, 0.2) is 4.33 Å². The Morgan fingerprint density at radius 2 is 1.48 bits per heavy atom. The summed E-state index contributed by atoms with van der Waals surface area (Å²) in [5.74, 6) is -0.00859. The first-order valence-corrected chi connectivity index (χ1v) is 9.60. The predicted molar refractivity (Wildman–Crippen MR) is 88.5 cm³/mol. The Labute approximate surface area is 137 Å². The van der Waals surface area contributed by atoms with Crippen LogP contribution in [0, 0.1) is 0 Å². The molecule has 0 atom stereocenters. The predicted octanol–water partition coefficient (Wildman–Crippen LogP) is 5.36. The van der Waals surface area contributed by atoms with E-state index in [1.807, 2.05) is 20.8 Å². The Kier molecular flexibility index (Phi) is 11.0. The number of alkyl halides is 2. The molecule has 0 aliphatic rings. The summed E-state index contributed by atoms with van der Waals surface area (Å²) >= 11 is 12.3. The second-order valence-corrected chi connectivity index (χ2v) is 7.58. The molecule has 126 valence electrons. The van der Waals surface area contributed by atoms with E-state index in [1.54, 1.807) is 6.92 Å².